The van der Waals surface area contributed by atoms with Crippen LogP contribution < -0.4 is 0 Å². The van der Waals surface area contributed by atoms with Gasteiger partial charge in [0, 0.05) is 18.4 Å². The van der Waals surface area contributed by atoms with E-state index in [0.29, 0.717) is 17.9 Å². The van der Waals surface area contributed by atoms with Crippen molar-refractivity contribution in [1.82, 2.24) is 0 Å². The molecule has 0 saturated heterocycles. The number of unbranched alkanes of at least 4 members (excludes halogenated alkanes) is 6. The van der Waals surface area contributed by atoms with Crippen molar-refractivity contribution in [2.45, 2.75) is 124 Å². The Morgan fingerprint density at radius 2 is 1.19 bits per heavy atom. The molecule has 0 heterocycles. The summed E-state index contributed by atoms with van der Waals surface area (Å²) in [5.41, 5.74) is 2.67. The summed E-state index contributed by atoms with van der Waals surface area (Å²) >= 11 is 0. The molecule has 240 valence electrons. The fourth-order valence-electron chi connectivity index (χ4n) is 4.27. The Morgan fingerprint density at radius 1 is 0.628 bits per heavy atom. The fraction of sp³-hybridized carbons (Fsp3) is 0.556. The monoisotopic (exact) mass is 598 g/mol. The highest BCUT2D eigenvalue weighted by Gasteiger charge is 2.12. The van der Waals surface area contributed by atoms with Gasteiger partial charge in [-0.2, -0.15) is 0 Å². The van der Waals surface area contributed by atoms with Crippen LogP contribution in [0.3, 0.4) is 0 Å². The first-order chi connectivity index (χ1) is 20.5. The summed E-state index contributed by atoms with van der Waals surface area (Å²) in [7, 11) is 0. The van der Waals surface area contributed by atoms with Gasteiger partial charge in [-0.3, -0.25) is 19.2 Å². The number of aryl methyl sites for hydroxylation is 1. The lowest BCUT2D eigenvalue weighted by atomic mass is 9.97. The van der Waals surface area contributed by atoms with Crippen molar-refractivity contribution in [3.63, 3.8) is 0 Å². The summed E-state index contributed by atoms with van der Waals surface area (Å²) in [6.45, 7) is 8.21. The third-order valence-corrected chi connectivity index (χ3v) is 7.23. The van der Waals surface area contributed by atoms with Crippen LogP contribution in [0.4, 0.5) is 0 Å². The van der Waals surface area contributed by atoms with Crippen LogP contribution in [0, 0.1) is 5.92 Å². The molecule has 2 rings (SSSR count). The molecule has 7 heteroatoms. The van der Waals surface area contributed by atoms with Gasteiger partial charge in [-0.1, -0.05) is 127 Å². The zero-order chi connectivity index (χ0) is 32.5. The lowest BCUT2D eigenvalue weighted by Gasteiger charge is -2.09. The lowest BCUT2D eigenvalue weighted by molar-refractivity contribution is -0.139. The second kappa shape index (κ2) is 25.1. The summed E-state index contributed by atoms with van der Waals surface area (Å²) in [5.74, 6) is -2.31. The third-order valence-electron chi connectivity index (χ3n) is 7.23. The molecule has 0 fully saturated rings. The van der Waals surface area contributed by atoms with Gasteiger partial charge in [0.05, 0.1) is 12.3 Å². The van der Waals surface area contributed by atoms with Crippen molar-refractivity contribution in [2.75, 3.05) is 0 Å². The molecule has 0 saturated carbocycles. The molecule has 0 spiro atoms. The quantitative estimate of drug-likeness (QED) is 0.109. The van der Waals surface area contributed by atoms with Crippen molar-refractivity contribution >= 4 is 23.7 Å². The van der Waals surface area contributed by atoms with Crippen LogP contribution in [-0.4, -0.2) is 39.0 Å². The number of carboxylic acid groups (broad SMARTS) is 3. The standard InChI is InChI=1S/C14H18O3.C13H26O2.C9H10O2/c1-2-3-4-11-5-7-12(8-6-11)13(15)9-10-14(16)17;1-3-4-5-6-7-8-9-12(2)10-11-13(14)15;1-7(9(10)11)8-5-3-2-4-6-8/h5-8H,2-4,9-10H2,1H3,(H,16,17);12H,3-11H2,1-2H3,(H,14,15);2-7H,1H3,(H,10,11)/t;;7-/m..0/s1. The van der Waals surface area contributed by atoms with Gasteiger partial charge >= 0.3 is 17.9 Å². The molecule has 7 nitrogen and oxygen atoms in total. The Balaban J connectivity index is 0.000000629. The third kappa shape index (κ3) is 21.8. The molecule has 0 radical (unpaired) electrons. The Morgan fingerprint density at radius 3 is 1.72 bits per heavy atom. The van der Waals surface area contributed by atoms with E-state index < -0.39 is 23.8 Å². The van der Waals surface area contributed by atoms with Gasteiger partial charge < -0.3 is 15.3 Å². The maximum absolute atomic E-state index is 11.6. The number of carbonyl (C=O) groups is 4. The average molecular weight is 599 g/mol. The zero-order valence-corrected chi connectivity index (χ0v) is 26.7. The molecule has 0 aliphatic heterocycles. The Bertz CT molecular complexity index is 1030. The number of carboxylic acids is 3. The van der Waals surface area contributed by atoms with Gasteiger partial charge in [0.15, 0.2) is 5.78 Å². The number of Topliss-reactive ketones (excluding diaryl/α,β-unsaturated/α-hetero) is 1. The van der Waals surface area contributed by atoms with Gasteiger partial charge in [0.2, 0.25) is 0 Å². The Kier molecular flexibility index (Phi) is 23.0. The Labute approximate surface area is 258 Å². The van der Waals surface area contributed by atoms with Crippen LogP contribution in [0.5, 0.6) is 0 Å². The summed E-state index contributed by atoms with van der Waals surface area (Å²) < 4.78 is 0. The number of rotatable bonds is 19. The second-order valence-corrected chi connectivity index (χ2v) is 11.2. The number of carbonyl (C=O) groups excluding carboxylic acids is 1. The number of hydrogen-bond donors (Lipinski definition) is 3. The minimum atomic E-state index is -0.932. The predicted molar refractivity (Wildman–Crippen MR) is 173 cm³/mol. The zero-order valence-electron chi connectivity index (χ0n) is 26.7. The molecule has 2 atom stereocenters. The van der Waals surface area contributed by atoms with Crippen LogP contribution in [0.1, 0.15) is 139 Å². The molecular formula is C36H54O7. The second-order valence-electron chi connectivity index (χ2n) is 11.2. The van der Waals surface area contributed by atoms with Crippen LogP contribution in [0.15, 0.2) is 54.6 Å². The van der Waals surface area contributed by atoms with Crippen molar-refractivity contribution in [2.24, 2.45) is 5.92 Å². The van der Waals surface area contributed by atoms with E-state index in [-0.39, 0.29) is 18.6 Å². The lowest BCUT2D eigenvalue weighted by Crippen LogP contribution is -2.06. The van der Waals surface area contributed by atoms with Crippen LogP contribution in [-0.2, 0) is 20.8 Å². The first-order valence-electron chi connectivity index (χ1n) is 15.8. The molecule has 0 bridgehead atoms. The maximum Gasteiger partial charge on any atom is 0.310 e. The largest absolute Gasteiger partial charge is 0.481 e. The molecule has 0 aliphatic carbocycles. The number of ketones is 1. The minimum absolute atomic E-state index is 0.0731. The molecule has 0 aliphatic rings. The Hall–Kier alpha value is -3.48. The van der Waals surface area contributed by atoms with Gasteiger partial charge in [0.1, 0.15) is 0 Å². The first kappa shape index (κ1) is 39.5. The highest BCUT2D eigenvalue weighted by atomic mass is 16.4. The van der Waals surface area contributed by atoms with Crippen molar-refractivity contribution in [3.05, 3.63) is 71.3 Å². The molecule has 3 N–H and O–H groups in total. The number of benzene rings is 2. The van der Waals surface area contributed by atoms with Gasteiger partial charge in [0.25, 0.3) is 0 Å². The molecule has 2 aromatic carbocycles. The van der Waals surface area contributed by atoms with Crippen LogP contribution in [0.25, 0.3) is 0 Å². The van der Waals surface area contributed by atoms with Crippen molar-refractivity contribution < 1.29 is 34.5 Å². The van der Waals surface area contributed by atoms with Crippen molar-refractivity contribution in [3.8, 4) is 0 Å². The highest BCUT2D eigenvalue weighted by molar-refractivity contribution is 5.97. The predicted octanol–water partition coefficient (Wildman–Crippen LogP) is 9.19. The van der Waals surface area contributed by atoms with Gasteiger partial charge in [-0.25, -0.2) is 0 Å². The van der Waals surface area contributed by atoms with Gasteiger partial charge in [-0.15, -0.1) is 0 Å². The minimum Gasteiger partial charge on any atom is -0.481 e. The fourth-order valence-corrected chi connectivity index (χ4v) is 4.27. The summed E-state index contributed by atoms with van der Waals surface area (Å²) in [6, 6.07) is 16.7. The first-order valence-corrected chi connectivity index (χ1v) is 15.8. The molecule has 0 amide bonds. The average Bonchev–Trinajstić information content (AvgIpc) is 3.00. The van der Waals surface area contributed by atoms with E-state index in [0.717, 1.165) is 31.2 Å². The van der Waals surface area contributed by atoms with E-state index in [2.05, 4.69) is 20.8 Å². The van der Waals surface area contributed by atoms with E-state index in [9.17, 15) is 19.2 Å². The van der Waals surface area contributed by atoms with E-state index in [1.165, 1.54) is 50.5 Å². The SMILES string of the molecule is CCCCCCCCC(C)CCC(=O)O.CCCCc1ccc(C(=O)CCC(=O)O)cc1.C[C@H](C(=O)O)c1ccccc1. The van der Waals surface area contributed by atoms with Crippen LogP contribution >= 0.6 is 0 Å². The van der Waals surface area contributed by atoms with E-state index in [1.54, 1.807) is 19.1 Å². The molecular weight excluding hydrogens is 544 g/mol. The summed E-state index contributed by atoms with van der Waals surface area (Å²) in [4.78, 5) is 42.8. The maximum atomic E-state index is 11.6. The number of hydrogen-bond acceptors (Lipinski definition) is 4. The van der Waals surface area contributed by atoms with Crippen LogP contribution in [0.2, 0.25) is 0 Å². The summed E-state index contributed by atoms with van der Waals surface area (Å²) in [5, 5.41) is 25.7. The smallest absolute Gasteiger partial charge is 0.310 e. The molecule has 1 unspecified atom stereocenters. The van der Waals surface area contributed by atoms with E-state index >= 15 is 0 Å². The van der Waals surface area contributed by atoms with E-state index in [1.807, 2.05) is 42.5 Å². The summed E-state index contributed by atoms with van der Waals surface area (Å²) in [6.07, 6.45) is 13.6. The highest BCUT2D eigenvalue weighted by Crippen LogP contribution is 2.16. The van der Waals surface area contributed by atoms with Crippen molar-refractivity contribution in [1.29, 1.82) is 0 Å². The van der Waals surface area contributed by atoms with E-state index in [4.69, 9.17) is 15.3 Å². The molecule has 2 aromatic rings. The molecule has 43 heavy (non-hydrogen) atoms. The topological polar surface area (TPSA) is 129 Å². The molecule has 0 aromatic heterocycles. The number of aliphatic carboxylic acids is 3. The normalized spacial score (nSPS) is 11.6. The van der Waals surface area contributed by atoms with Gasteiger partial charge in [-0.05, 0) is 43.2 Å².